The number of Topliss-reactive ketones (excluding diaryl/α,β-unsaturated/α-hetero) is 1. The predicted octanol–water partition coefficient (Wildman–Crippen LogP) is 5.13. The zero-order chi connectivity index (χ0) is 27.6. The number of rotatable bonds is 7. The molecule has 1 amide bonds. The van der Waals surface area contributed by atoms with Gasteiger partial charge in [0.25, 0.3) is 5.78 Å². The van der Waals surface area contributed by atoms with Gasteiger partial charge < -0.3 is 24.1 Å². The molecule has 3 aromatic carbocycles. The number of benzene rings is 3. The highest BCUT2D eigenvalue weighted by Crippen LogP contribution is 2.45. The maximum Gasteiger partial charge on any atom is 0.301 e. The van der Waals surface area contributed by atoms with Crippen molar-refractivity contribution in [2.45, 2.75) is 12.6 Å². The summed E-state index contributed by atoms with van der Waals surface area (Å²) in [7, 11) is 1.52. The van der Waals surface area contributed by atoms with Gasteiger partial charge in [-0.1, -0.05) is 36.4 Å². The molecule has 0 radical (unpaired) electrons. The zero-order valence-corrected chi connectivity index (χ0v) is 22.2. The Hall–Kier alpha value is -4.83. The van der Waals surface area contributed by atoms with E-state index in [-0.39, 0.29) is 11.3 Å². The molecular weight excluding hydrogens is 532 g/mol. The summed E-state index contributed by atoms with van der Waals surface area (Å²) in [6, 6.07) is 18.8. The summed E-state index contributed by atoms with van der Waals surface area (Å²) in [6.45, 7) is 1.12. The molecule has 1 saturated heterocycles. The van der Waals surface area contributed by atoms with Gasteiger partial charge >= 0.3 is 5.91 Å². The second kappa shape index (κ2) is 10.7. The normalized spacial score (nSPS) is 17.6. The van der Waals surface area contributed by atoms with Crippen molar-refractivity contribution in [3.05, 3.63) is 101 Å². The fourth-order valence-electron chi connectivity index (χ4n) is 4.74. The molecule has 6 rings (SSSR count). The summed E-state index contributed by atoms with van der Waals surface area (Å²) in [5.41, 5.74) is 1.78. The first-order valence-corrected chi connectivity index (χ1v) is 13.4. The van der Waals surface area contributed by atoms with Crippen molar-refractivity contribution in [1.82, 2.24) is 4.98 Å². The van der Waals surface area contributed by atoms with Crippen LogP contribution in [0.5, 0.6) is 23.0 Å². The summed E-state index contributed by atoms with van der Waals surface area (Å²) in [5, 5.41) is 13.5. The van der Waals surface area contributed by atoms with Gasteiger partial charge in [0, 0.05) is 17.1 Å². The second-order valence-electron chi connectivity index (χ2n) is 9.03. The number of aliphatic hydroxyl groups is 1. The van der Waals surface area contributed by atoms with Gasteiger partial charge in [0.05, 0.1) is 18.7 Å². The van der Waals surface area contributed by atoms with Crippen LogP contribution in [0.25, 0.3) is 5.76 Å². The number of thiazole rings is 1. The number of aromatic nitrogens is 1. The first-order chi connectivity index (χ1) is 19.5. The summed E-state index contributed by atoms with van der Waals surface area (Å²) in [4.78, 5) is 32.4. The van der Waals surface area contributed by atoms with Crippen molar-refractivity contribution in [2.24, 2.45) is 0 Å². The number of hydrogen-bond acceptors (Lipinski definition) is 9. The molecule has 0 bridgehead atoms. The lowest BCUT2D eigenvalue weighted by Gasteiger charge is -2.24. The number of ether oxygens (including phenoxy) is 4. The average molecular weight is 557 g/mol. The van der Waals surface area contributed by atoms with Crippen LogP contribution in [0.2, 0.25) is 0 Å². The highest BCUT2D eigenvalue weighted by molar-refractivity contribution is 7.14. The Morgan fingerprint density at radius 1 is 1.02 bits per heavy atom. The summed E-state index contributed by atoms with van der Waals surface area (Å²) in [5.74, 6) is -0.0484. The Morgan fingerprint density at radius 3 is 2.58 bits per heavy atom. The van der Waals surface area contributed by atoms with Crippen LogP contribution in [0.1, 0.15) is 22.7 Å². The van der Waals surface area contributed by atoms with Crippen LogP contribution in [0.15, 0.2) is 83.9 Å². The average Bonchev–Trinajstić information content (AvgIpc) is 3.62. The van der Waals surface area contributed by atoms with Crippen LogP contribution in [0.4, 0.5) is 5.13 Å². The van der Waals surface area contributed by atoms with Crippen LogP contribution < -0.4 is 23.8 Å². The third-order valence-electron chi connectivity index (χ3n) is 6.63. The topological polar surface area (TPSA) is 107 Å². The number of carbonyl (C=O) groups excluding carboxylic acids is 2. The van der Waals surface area contributed by atoms with Crippen molar-refractivity contribution in [3.8, 4) is 23.0 Å². The molecule has 202 valence electrons. The molecule has 1 fully saturated rings. The fraction of sp³-hybridized carbons (Fsp3) is 0.167. The zero-order valence-electron chi connectivity index (χ0n) is 21.4. The van der Waals surface area contributed by atoms with Crippen LogP contribution in [0, 0.1) is 0 Å². The number of amides is 1. The molecule has 2 aliphatic heterocycles. The van der Waals surface area contributed by atoms with E-state index in [4.69, 9.17) is 18.9 Å². The maximum atomic E-state index is 13.4. The van der Waals surface area contributed by atoms with Gasteiger partial charge in [0.2, 0.25) is 0 Å². The maximum absolute atomic E-state index is 13.4. The van der Waals surface area contributed by atoms with Crippen LogP contribution in [-0.4, -0.2) is 42.1 Å². The molecule has 4 aromatic rings. The number of fused-ring (bicyclic) bond motifs is 1. The minimum Gasteiger partial charge on any atom is -0.507 e. The van der Waals surface area contributed by atoms with E-state index in [1.807, 2.05) is 30.3 Å². The van der Waals surface area contributed by atoms with Crippen molar-refractivity contribution in [1.29, 1.82) is 0 Å². The molecule has 10 heteroatoms. The van der Waals surface area contributed by atoms with E-state index >= 15 is 0 Å². The Bertz CT molecular complexity index is 1600. The van der Waals surface area contributed by atoms with Gasteiger partial charge in [-0.25, -0.2) is 4.98 Å². The van der Waals surface area contributed by atoms with E-state index in [2.05, 4.69) is 4.98 Å². The van der Waals surface area contributed by atoms with Crippen LogP contribution in [0.3, 0.4) is 0 Å². The summed E-state index contributed by atoms with van der Waals surface area (Å²) in [6.07, 6.45) is 1.55. The van der Waals surface area contributed by atoms with Crippen molar-refractivity contribution in [3.63, 3.8) is 0 Å². The van der Waals surface area contributed by atoms with E-state index in [9.17, 15) is 14.7 Å². The Labute approximate surface area is 233 Å². The van der Waals surface area contributed by atoms with Crippen molar-refractivity contribution < 1.29 is 33.6 Å². The smallest absolute Gasteiger partial charge is 0.301 e. The van der Waals surface area contributed by atoms with E-state index < -0.39 is 17.7 Å². The standard InChI is InChI=1S/C30H24N2O7S/c1-36-23-15-19(7-9-21(23)39-17-18-5-3-2-4-6-18)26-25(28(34)29(35)32(26)30-31-11-14-40-30)27(33)20-8-10-22-24(16-20)38-13-12-37-22/h2-11,14-16,26,33H,12-13,17H2,1H3/b27-25+/t26-/m0/s1. The van der Waals surface area contributed by atoms with Crippen LogP contribution >= 0.6 is 11.3 Å². The molecule has 1 atom stereocenters. The number of nitrogens with zero attached hydrogens (tertiary/aromatic N) is 2. The molecule has 1 N–H and O–H groups in total. The Balaban J connectivity index is 1.43. The number of aliphatic hydroxyl groups excluding tert-OH is 1. The molecule has 9 nitrogen and oxygen atoms in total. The molecule has 0 unspecified atom stereocenters. The van der Waals surface area contributed by atoms with Crippen molar-refractivity contribution >= 4 is 33.9 Å². The van der Waals surface area contributed by atoms with Gasteiger partial charge in [-0.15, -0.1) is 11.3 Å². The first kappa shape index (κ1) is 25.4. The molecule has 1 aromatic heterocycles. The minimum absolute atomic E-state index is 0.0723. The van der Waals surface area contributed by atoms with Gasteiger partial charge in [0.1, 0.15) is 25.6 Å². The molecule has 3 heterocycles. The number of carbonyl (C=O) groups is 2. The minimum atomic E-state index is -0.962. The Kier molecular flexibility index (Phi) is 6.83. The van der Waals surface area contributed by atoms with E-state index in [1.54, 1.807) is 48.0 Å². The Morgan fingerprint density at radius 2 is 1.82 bits per heavy atom. The lowest BCUT2D eigenvalue weighted by atomic mass is 9.95. The fourth-order valence-corrected chi connectivity index (χ4v) is 5.40. The number of anilines is 1. The second-order valence-corrected chi connectivity index (χ2v) is 9.90. The molecule has 0 saturated carbocycles. The molecule has 2 aliphatic rings. The predicted molar refractivity (Wildman–Crippen MR) is 148 cm³/mol. The number of methoxy groups -OCH3 is 1. The van der Waals surface area contributed by atoms with Gasteiger partial charge in [-0.2, -0.15) is 0 Å². The van der Waals surface area contributed by atoms with E-state index in [1.165, 1.54) is 23.3 Å². The molecule has 0 aliphatic carbocycles. The van der Waals surface area contributed by atoms with Crippen LogP contribution in [-0.2, 0) is 16.2 Å². The quantitative estimate of drug-likeness (QED) is 0.190. The highest BCUT2D eigenvalue weighted by atomic mass is 32.1. The van der Waals surface area contributed by atoms with E-state index in [0.29, 0.717) is 59.1 Å². The van der Waals surface area contributed by atoms with Gasteiger partial charge in [0.15, 0.2) is 28.1 Å². The molecule has 40 heavy (non-hydrogen) atoms. The van der Waals surface area contributed by atoms with Gasteiger partial charge in [-0.05, 0) is 41.5 Å². The first-order valence-electron chi connectivity index (χ1n) is 12.5. The third kappa shape index (κ3) is 4.62. The third-order valence-corrected chi connectivity index (χ3v) is 7.40. The largest absolute Gasteiger partial charge is 0.507 e. The molecule has 0 spiro atoms. The highest BCUT2D eigenvalue weighted by Gasteiger charge is 2.48. The lowest BCUT2D eigenvalue weighted by molar-refractivity contribution is -0.132. The lowest BCUT2D eigenvalue weighted by Crippen LogP contribution is -2.29. The number of hydrogen-bond donors (Lipinski definition) is 1. The summed E-state index contributed by atoms with van der Waals surface area (Å²) < 4.78 is 22.9. The van der Waals surface area contributed by atoms with Crippen molar-refractivity contribution in [2.75, 3.05) is 25.2 Å². The number of ketones is 1. The van der Waals surface area contributed by atoms with E-state index in [0.717, 1.165) is 5.56 Å². The monoisotopic (exact) mass is 556 g/mol. The molecular formula is C30H24N2O7S. The summed E-state index contributed by atoms with van der Waals surface area (Å²) >= 11 is 1.22. The SMILES string of the molecule is COc1cc([C@H]2/C(=C(\O)c3ccc4c(c3)OCCO4)C(=O)C(=O)N2c2nccs2)ccc1OCc1ccccc1. The van der Waals surface area contributed by atoms with Gasteiger partial charge in [-0.3, -0.25) is 14.5 Å².